The topological polar surface area (TPSA) is 52.4 Å². The van der Waals surface area contributed by atoms with E-state index in [-0.39, 0.29) is 5.69 Å². The van der Waals surface area contributed by atoms with Crippen LogP contribution in [-0.2, 0) is 0 Å². The number of benzene rings is 1. The maximum Gasteiger partial charge on any atom is 0.276 e. The minimum Gasteiger partial charge on any atom is -0.465 e. The molecule has 0 atom stereocenters. The Morgan fingerprint density at radius 2 is 2.31 bits per heavy atom. The van der Waals surface area contributed by atoms with Crippen LogP contribution in [-0.4, -0.2) is 4.92 Å². The SMILES string of the molecule is C=COc1ccc(C)c([N+](=O)[O-])c1. The summed E-state index contributed by atoms with van der Waals surface area (Å²) in [6, 6.07) is 4.66. The third-order valence-electron chi connectivity index (χ3n) is 1.60. The van der Waals surface area contributed by atoms with Crippen molar-refractivity contribution in [2.75, 3.05) is 0 Å². The summed E-state index contributed by atoms with van der Waals surface area (Å²) >= 11 is 0. The molecule has 0 amide bonds. The molecule has 1 aromatic rings. The lowest BCUT2D eigenvalue weighted by Gasteiger charge is -2.00. The van der Waals surface area contributed by atoms with Crippen molar-refractivity contribution in [1.82, 2.24) is 0 Å². The summed E-state index contributed by atoms with van der Waals surface area (Å²) in [5.74, 6) is 0.423. The molecule has 1 rings (SSSR count). The first-order valence-electron chi connectivity index (χ1n) is 3.67. The molecular formula is C9H9NO3. The number of rotatable bonds is 3. The molecule has 13 heavy (non-hydrogen) atoms. The Morgan fingerprint density at radius 1 is 1.62 bits per heavy atom. The lowest BCUT2D eigenvalue weighted by Crippen LogP contribution is -1.92. The van der Waals surface area contributed by atoms with Crippen molar-refractivity contribution < 1.29 is 9.66 Å². The Labute approximate surface area is 75.6 Å². The number of aryl methyl sites for hydroxylation is 1. The first-order valence-corrected chi connectivity index (χ1v) is 3.67. The molecule has 0 saturated heterocycles. The van der Waals surface area contributed by atoms with Crippen LogP contribution in [0.5, 0.6) is 5.75 Å². The summed E-state index contributed by atoms with van der Waals surface area (Å²) in [6.45, 7) is 5.04. The van der Waals surface area contributed by atoms with Gasteiger partial charge in [-0.15, -0.1) is 0 Å². The standard InChI is InChI=1S/C9H9NO3/c1-3-13-8-5-4-7(2)9(6-8)10(11)12/h3-6H,1H2,2H3. The second-order valence-corrected chi connectivity index (χ2v) is 2.49. The first-order chi connectivity index (χ1) is 6.15. The molecule has 0 bridgehead atoms. The Morgan fingerprint density at radius 3 is 2.85 bits per heavy atom. The lowest BCUT2D eigenvalue weighted by atomic mass is 10.2. The maximum absolute atomic E-state index is 10.5. The fraction of sp³-hybridized carbons (Fsp3) is 0.111. The number of nitro benzene ring substituents is 1. The fourth-order valence-electron chi connectivity index (χ4n) is 0.955. The smallest absolute Gasteiger partial charge is 0.276 e. The van der Waals surface area contributed by atoms with E-state index in [0.29, 0.717) is 11.3 Å². The molecule has 0 radical (unpaired) electrons. The highest BCUT2D eigenvalue weighted by molar-refractivity contribution is 5.45. The van der Waals surface area contributed by atoms with Crippen LogP contribution in [0, 0.1) is 17.0 Å². The van der Waals surface area contributed by atoms with E-state index in [1.165, 1.54) is 12.3 Å². The van der Waals surface area contributed by atoms with Crippen molar-refractivity contribution >= 4 is 5.69 Å². The van der Waals surface area contributed by atoms with Gasteiger partial charge >= 0.3 is 0 Å². The Hall–Kier alpha value is -1.84. The lowest BCUT2D eigenvalue weighted by molar-refractivity contribution is -0.385. The number of nitrogens with zero attached hydrogens (tertiary/aromatic N) is 1. The van der Waals surface area contributed by atoms with E-state index in [1.54, 1.807) is 19.1 Å². The van der Waals surface area contributed by atoms with Gasteiger partial charge in [-0.25, -0.2) is 0 Å². The molecule has 0 saturated carbocycles. The van der Waals surface area contributed by atoms with Gasteiger partial charge in [0.05, 0.1) is 17.3 Å². The molecule has 0 aliphatic carbocycles. The predicted octanol–water partition coefficient (Wildman–Crippen LogP) is 2.43. The van der Waals surface area contributed by atoms with E-state index in [9.17, 15) is 10.1 Å². The summed E-state index contributed by atoms with van der Waals surface area (Å²) in [4.78, 5) is 10.1. The quantitative estimate of drug-likeness (QED) is 0.406. The fourth-order valence-corrected chi connectivity index (χ4v) is 0.955. The zero-order valence-electron chi connectivity index (χ0n) is 7.19. The monoisotopic (exact) mass is 179 g/mol. The molecule has 0 fully saturated rings. The summed E-state index contributed by atoms with van der Waals surface area (Å²) in [7, 11) is 0. The van der Waals surface area contributed by atoms with Crippen LogP contribution in [0.15, 0.2) is 31.0 Å². The Balaban J connectivity index is 3.10. The van der Waals surface area contributed by atoms with Crippen molar-refractivity contribution in [2.24, 2.45) is 0 Å². The molecule has 0 N–H and O–H groups in total. The van der Waals surface area contributed by atoms with E-state index in [1.807, 2.05) is 0 Å². The van der Waals surface area contributed by atoms with Gasteiger partial charge in [0.15, 0.2) is 0 Å². The van der Waals surface area contributed by atoms with Crippen molar-refractivity contribution in [3.05, 3.63) is 46.7 Å². The summed E-state index contributed by atoms with van der Waals surface area (Å²) in [6.07, 6.45) is 1.23. The van der Waals surface area contributed by atoms with Crippen molar-refractivity contribution in [3.8, 4) is 5.75 Å². The molecule has 0 heterocycles. The molecule has 4 heteroatoms. The molecule has 0 spiro atoms. The molecule has 0 aromatic heterocycles. The van der Waals surface area contributed by atoms with Crippen LogP contribution in [0.4, 0.5) is 5.69 Å². The number of hydrogen-bond acceptors (Lipinski definition) is 3. The van der Waals surface area contributed by atoms with E-state index >= 15 is 0 Å². The van der Waals surface area contributed by atoms with Gasteiger partial charge in [0.25, 0.3) is 5.69 Å². The van der Waals surface area contributed by atoms with Gasteiger partial charge in [0, 0.05) is 5.56 Å². The van der Waals surface area contributed by atoms with Gasteiger partial charge in [-0.05, 0) is 19.1 Å². The Bertz CT molecular complexity index is 347. The molecule has 0 aliphatic heterocycles. The average molecular weight is 179 g/mol. The molecule has 0 aliphatic rings. The number of nitro groups is 1. The second-order valence-electron chi connectivity index (χ2n) is 2.49. The van der Waals surface area contributed by atoms with Crippen molar-refractivity contribution in [3.63, 3.8) is 0 Å². The molecular weight excluding hydrogens is 170 g/mol. The third-order valence-corrected chi connectivity index (χ3v) is 1.60. The molecule has 0 unspecified atom stereocenters. The van der Waals surface area contributed by atoms with Crippen LogP contribution >= 0.6 is 0 Å². The van der Waals surface area contributed by atoms with E-state index < -0.39 is 4.92 Å². The zero-order chi connectivity index (χ0) is 9.84. The zero-order valence-corrected chi connectivity index (χ0v) is 7.19. The molecule has 68 valence electrons. The maximum atomic E-state index is 10.5. The van der Waals surface area contributed by atoms with Crippen LogP contribution in [0.25, 0.3) is 0 Å². The van der Waals surface area contributed by atoms with E-state index in [4.69, 9.17) is 4.74 Å². The molecule has 1 aromatic carbocycles. The van der Waals surface area contributed by atoms with Crippen LogP contribution in [0.2, 0.25) is 0 Å². The number of ether oxygens (including phenoxy) is 1. The Kier molecular flexibility index (Phi) is 2.64. The highest BCUT2D eigenvalue weighted by Crippen LogP contribution is 2.23. The summed E-state index contributed by atoms with van der Waals surface area (Å²) in [5, 5.41) is 10.5. The summed E-state index contributed by atoms with van der Waals surface area (Å²) in [5.41, 5.74) is 0.667. The third kappa shape index (κ3) is 2.05. The minimum atomic E-state index is -0.439. The minimum absolute atomic E-state index is 0.0550. The molecule has 4 nitrogen and oxygen atoms in total. The predicted molar refractivity (Wildman–Crippen MR) is 48.7 cm³/mol. The van der Waals surface area contributed by atoms with Crippen LogP contribution < -0.4 is 4.74 Å². The second kappa shape index (κ2) is 3.71. The first kappa shape index (κ1) is 9.25. The summed E-state index contributed by atoms with van der Waals surface area (Å²) < 4.78 is 4.91. The van der Waals surface area contributed by atoms with Crippen molar-refractivity contribution in [2.45, 2.75) is 6.92 Å². The highest BCUT2D eigenvalue weighted by atomic mass is 16.6. The normalized spacial score (nSPS) is 9.31. The van der Waals surface area contributed by atoms with Crippen molar-refractivity contribution in [1.29, 1.82) is 0 Å². The van der Waals surface area contributed by atoms with Crippen LogP contribution in [0.3, 0.4) is 0 Å². The van der Waals surface area contributed by atoms with Gasteiger partial charge in [-0.2, -0.15) is 0 Å². The average Bonchev–Trinajstić information content (AvgIpc) is 2.08. The number of hydrogen-bond donors (Lipinski definition) is 0. The van der Waals surface area contributed by atoms with Gasteiger partial charge in [0.1, 0.15) is 5.75 Å². The van der Waals surface area contributed by atoms with E-state index in [2.05, 4.69) is 6.58 Å². The van der Waals surface area contributed by atoms with E-state index in [0.717, 1.165) is 0 Å². The highest BCUT2D eigenvalue weighted by Gasteiger charge is 2.10. The van der Waals surface area contributed by atoms with Crippen LogP contribution in [0.1, 0.15) is 5.56 Å². The van der Waals surface area contributed by atoms with Gasteiger partial charge in [0.2, 0.25) is 0 Å². The van der Waals surface area contributed by atoms with Gasteiger partial charge in [-0.3, -0.25) is 10.1 Å². The van der Waals surface area contributed by atoms with Gasteiger partial charge < -0.3 is 4.74 Å². The van der Waals surface area contributed by atoms with Gasteiger partial charge in [-0.1, -0.05) is 6.58 Å². The largest absolute Gasteiger partial charge is 0.465 e.